The molecule has 1 aromatic carbocycles. The number of nitrogens with zero attached hydrogens (tertiary/aromatic N) is 1. The first-order valence-electron chi connectivity index (χ1n) is 8.51. The Bertz CT molecular complexity index is 564. The van der Waals surface area contributed by atoms with E-state index in [1.54, 1.807) is 4.90 Å². The molecule has 0 aromatic heterocycles. The third-order valence-corrected chi connectivity index (χ3v) is 4.83. The van der Waals surface area contributed by atoms with E-state index in [2.05, 4.69) is 10.6 Å². The number of amides is 2. The lowest BCUT2D eigenvalue weighted by Gasteiger charge is -2.17. The third kappa shape index (κ3) is 3.91. The normalized spacial score (nSPS) is 24.2. The average molecular weight is 315 g/mol. The van der Waals surface area contributed by atoms with Gasteiger partial charge in [0.05, 0.1) is 0 Å². The van der Waals surface area contributed by atoms with Crippen LogP contribution in [0.25, 0.3) is 0 Å². The highest BCUT2D eigenvalue weighted by molar-refractivity contribution is 6.01. The largest absolute Gasteiger partial charge is 0.344 e. The van der Waals surface area contributed by atoms with E-state index in [-0.39, 0.29) is 17.9 Å². The molecule has 2 N–H and O–H groups in total. The van der Waals surface area contributed by atoms with E-state index in [0.717, 1.165) is 31.6 Å². The molecule has 1 aromatic rings. The fraction of sp³-hybridized carbons (Fsp3) is 0.556. The van der Waals surface area contributed by atoms with Gasteiger partial charge in [0.2, 0.25) is 11.8 Å². The molecule has 2 fully saturated rings. The van der Waals surface area contributed by atoms with Crippen LogP contribution in [-0.2, 0) is 9.59 Å². The second-order valence-electron chi connectivity index (χ2n) is 6.63. The molecule has 23 heavy (non-hydrogen) atoms. The van der Waals surface area contributed by atoms with Gasteiger partial charge in [0, 0.05) is 18.7 Å². The van der Waals surface area contributed by atoms with E-state index in [1.807, 2.05) is 31.2 Å². The molecule has 0 bridgehead atoms. The molecule has 2 aliphatic heterocycles. The van der Waals surface area contributed by atoms with Crippen LogP contribution in [0.4, 0.5) is 5.69 Å². The number of aryl methyl sites for hydroxylation is 1. The molecule has 5 nitrogen and oxygen atoms in total. The summed E-state index contributed by atoms with van der Waals surface area (Å²) in [5.41, 5.74) is 2.08. The van der Waals surface area contributed by atoms with Crippen molar-refractivity contribution in [3.8, 4) is 0 Å². The summed E-state index contributed by atoms with van der Waals surface area (Å²) in [4.78, 5) is 26.3. The number of benzene rings is 1. The molecule has 2 atom stereocenters. The maximum absolute atomic E-state index is 12.5. The highest BCUT2D eigenvalue weighted by Gasteiger charge is 2.33. The summed E-state index contributed by atoms with van der Waals surface area (Å²) in [6, 6.07) is 7.56. The summed E-state index contributed by atoms with van der Waals surface area (Å²) in [5.74, 6) is 0.606. The second kappa shape index (κ2) is 7.13. The molecular formula is C18H25N3O2. The minimum absolute atomic E-state index is 0.000932. The predicted molar refractivity (Wildman–Crippen MR) is 90.3 cm³/mol. The van der Waals surface area contributed by atoms with E-state index < -0.39 is 0 Å². The molecule has 2 unspecified atom stereocenters. The monoisotopic (exact) mass is 315 g/mol. The Balaban J connectivity index is 1.50. The molecule has 0 radical (unpaired) electrons. The zero-order valence-corrected chi connectivity index (χ0v) is 13.7. The zero-order chi connectivity index (χ0) is 16.2. The highest BCUT2D eigenvalue weighted by Crippen LogP contribution is 2.22. The van der Waals surface area contributed by atoms with Gasteiger partial charge in [-0.3, -0.25) is 9.59 Å². The number of anilines is 1. The summed E-state index contributed by atoms with van der Waals surface area (Å²) in [7, 11) is 0. The molecule has 2 aliphatic rings. The molecule has 3 rings (SSSR count). The van der Waals surface area contributed by atoms with E-state index >= 15 is 0 Å². The number of nitrogens with one attached hydrogen (secondary N) is 2. The molecule has 2 saturated heterocycles. The van der Waals surface area contributed by atoms with Crippen molar-refractivity contribution in [3.63, 3.8) is 0 Å². The Morgan fingerprint density at radius 3 is 2.78 bits per heavy atom. The lowest BCUT2D eigenvalue weighted by atomic mass is 10.0. The Kier molecular flexibility index (Phi) is 4.96. The van der Waals surface area contributed by atoms with Crippen LogP contribution in [0.3, 0.4) is 0 Å². The quantitative estimate of drug-likeness (QED) is 0.868. The topological polar surface area (TPSA) is 61.4 Å². The van der Waals surface area contributed by atoms with Gasteiger partial charge in [0.1, 0.15) is 6.04 Å². The van der Waals surface area contributed by atoms with Crippen molar-refractivity contribution in [1.29, 1.82) is 0 Å². The number of carbonyl (C=O) groups excluding carboxylic acids is 2. The van der Waals surface area contributed by atoms with Crippen LogP contribution in [0.5, 0.6) is 0 Å². The van der Waals surface area contributed by atoms with Crippen molar-refractivity contribution in [2.75, 3.05) is 24.5 Å². The number of hydrogen-bond acceptors (Lipinski definition) is 3. The van der Waals surface area contributed by atoms with Crippen LogP contribution in [0.15, 0.2) is 24.3 Å². The van der Waals surface area contributed by atoms with Crippen LogP contribution in [-0.4, -0.2) is 37.5 Å². The fourth-order valence-corrected chi connectivity index (χ4v) is 3.36. The van der Waals surface area contributed by atoms with Gasteiger partial charge in [-0.2, -0.15) is 0 Å². The summed E-state index contributed by atoms with van der Waals surface area (Å²) in [5, 5.41) is 6.22. The molecule has 0 saturated carbocycles. The molecular weight excluding hydrogens is 290 g/mol. The molecule has 0 spiro atoms. The first-order chi connectivity index (χ1) is 11.1. The maximum Gasteiger partial charge on any atom is 0.249 e. The predicted octanol–water partition coefficient (Wildman–Crippen LogP) is 1.61. The summed E-state index contributed by atoms with van der Waals surface area (Å²) in [6.45, 7) is 4.76. The van der Waals surface area contributed by atoms with Gasteiger partial charge in [-0.25, -0.2) is 0 Å². The smallest absolute Gasteiger partial charge is 0.249 e. The lowest BCUT2D eigenvalue weighted by molar-refractivity contribution is -0.126. The molecule has 5 heteroatoms. The van der Waals surface area contributed by atoms with Gasteiger partial charge in [-0.05, 0) is 57.3 Å². The van der Waals surface area contributed by atoms with E-state index in [9.17, 15) is 9.59 Å². The standard InChI is InChI=1S/C18H25N3O2/c1-13-2-5-15(6-3-13)21-11-9-16(18(21)23)20-17(22)7-4-14-8-10-19-12-14/h2-3,5-6,14,16,19H,4,7-12H2,1H3,(H,20,22). The van der Waals surface area contributed by atoms with Crippen molar-refractivity contribution in [2.24, 2.45) is 5.92 Å². The van der Waals surface area contributed by atoms with Gasteiger partial charge in [0.25, 0.3) is 0 Å². The first kappa shape index (κ1) is 16.0. The zero-order valence-electron chi connectivity index (χ0n) is 13.7. The number of carbonyl (C=O) groups is 2. The molecule has 0 aliphatic carbocycles. The highest BCUT2D eigenvalue weighted by atomic mass is 16.2. The van der Waals surface area contributed by atoms with Crippen LogP contribution in [0.1, 0.15) is 31.2 Å². The van der Waals surface area contributed by atoms with E-state index in [1.165, 1.54) is 5.56 Å². The van der Waals surface area contributed by atoms with Crippen LogP contribution < -0.4 is 15.5 Å². The van der Waals surface area contributed by atoms with Crippen LogP contribution in [0.2, 0.25) is 0 Å². The first-order valence-corrected chi connectivity index (χ1v) is 8.51. The van der Waals surface area contributed by atoms with Crippen LogP contribution in [0, 0.1) is 12.8 Å². The minimum atomic E-state index is -0.370. The maximum atomic E-state index is 12.5. The summed E-state index contributed by atoms with van der Waals surface area (Å²) < 4.78 is 0. The SMILES string of the molecule is Cc1ccc(N2CCC(NC(=O)CCC3CCNC3)C2=O)cc1. The lowest BCUT2D eigenvalue weighted by Crippen LogP contribution is -2.41. The Hall–Kier alpha value is -1.88. The van der Waals surface area contributed by atoms with Crippen molar-refractivity contribution in [3.05, 3.63) is 29.8 Å². The van der Waals surface area contributed by atoms with Gasteiger partial charge < -0.3 is 15.5 Å². The average Bonchev–Trinajstić information content (AvgIpc) is 3.18. The van der Waals surface area contributed by atoms with Crippen LogP contribution >= 0.6 is 0 Å². The Labute approximate surface area is 137 Å². The number of hydrogen-bond donors (Lipinski definition) is 2. The van der Waals surface area contributed by atoms with E-state index in [0.29, 0.717) is 25.3 Å². The summed E-state index contributed by atoms with van der Waals surface area (Å²) in [6.07, 6.45) is 3.25. The summed E-state index contributed by atoms with van der Waals surface area (Å²) >= 11 is 0. The van der Waals surface area contributed by atoms with Gasteiger partial charge in [-0.1, -0.05) is 17.7 Å². The minimum Gasteiger partial charge on any atom is -0.344 e. The fourth-order valence-electron chi connectivity index (χ4n) is 3.36. The van der Waals surface area contributed by atoms with Gasteiger partial charge in [-0.15, -0.1) is 0 Å². The number of rotatable bonds is 5. The molecule has 124 valence electrons. The van der Waals surface area contributed by atoms with Crippen molar-refractivity contribution >= 4 is 17.5 Å². The van der Waals surface area contributed by atoms with E-state index in [4.69, 9.17) is 0 Å². The van der Waals surface area contributed by atoms with Crippen molar-refractivity contribution < 1.29 is 9.59 Å². The Morgan fingerprint density at radius 1 is 1.30 bits per heavy atom. The second-order valence-corrected chi connectivity index (χ2v) is 6.63. The van der Waals surface area contributed by atoms with Crippen molar-refractivity contribution in [2.45, 2.75) is 38.6 Å². The van der Waals surface area contributed by atoms with Gasteiger partial charge in [0.15, 0.2) is 0 Å². The van der Waals surface area contributed by atoms with Crippen molar-refractivity contribution in [1.82, 2.24) is 10.6 Å². The molecule has 2 heterocycles. The third-order valence-electron chi connectivity index (χ3n) is 4.83. The van der Waals surface area contributed by atoms with Gasteiger partial charge >= 0.3 is 0 Å². The molecule has 2 amide bonds. The Morgan fingerprint density at radius 2 is 2.09 bits per heavy atom.